The van der Waals surface area contributed by atoms with E-state index < -0.39 is 0 Å². The predicted octanol–water partition coefficient (Wildman–Crippen LogP) is 4.57. The standard InChI is InChI=1S/C20H20O2/c1-4-22-19(21)12-10-14-9-11-16-15-7-5-6-8-17(15)20(2,3)18(16)13-14/h5-13H,4H2,1-3H3. The zero-order valence-corrected chi connectivity index (χ0v) is 13.2. The van der Waals surface area contributed by atoms with Gasteiger partial charge in [0.05, 0.1) is 6.61 Å². The number of carbonyl (C=O) groups excluding carboxylic acids is 1. The number of benzene rings is 2. The summed E-state index contributed by atoms with van der Waals surface area (Å²) in [4.78, 5) is 11.4. The van der Waals surface area contributed by atoms with Gasteiger partial charge in [0.25, 0.3) is 0 Å². The van der Waals surface area contributed by atoms with Gasteiger partial charge < -0.3 is 4.74 Å². The number of carbonyl (C=O) groups is 1. The van der Waals surface area contributed by atoms with Gasteiger partial charge in [0, 0.05) is 11.5 Å². The van der Waals surface area contributed by atoms with Crippen molar-refractivity contribution in [2.75, 3.05) is 6.61 Å². The molecular weight excluding hydrogens is 272 g/mol. The van der Waals surface area contributed by atoms with Crippen LogP contribution >= 0.6 is 0 Å². The van der Waals surface area contributed by atoms with E-state index in [9.17, 15) is 4.79 Å². The van der Waals surface area contributed by atoms with Crippen molar-refractivity contribution in [3.05, 3.63) is 65.2 Å². The van der Waals surface area contributed by atoms with E-state index in [1.807, 2.05) is 12.1 Å². The van der Waals surface area contributed by atoms with Crippen molar-refractivity contribution in [2.24, 2.45) is 0 Å². The average Bonchev–Trinajstić information content (AvgIpc) is 2.74. The molecule has 0 aromatic heterocycles. The minimum atomic E-state index is -0.300. The van der Waals surface area contributed by atoms with E-state index in [1.165, 1.54) is 28.3 Å². The first-order valence-corrected chi connectivity index (χ1v) is 7.63. The zero-order chi connectivity index (χ0) is 15.7. The average molecular weight is 292 g/mol. The highest BCUT2D eigenvalue weighted by Gasteiger charge is 2.34. The topological polar surface area (TPSA) is 26.3 Å². The molecule has 1 aliphatic rings. The summed E-state index contributed by atoms with van der Waals surface area (Å²) in [7, 11) is 0. The van der Waals surface area contributed by atoms with Gasteiger partial charge in [-0.2, -0.15) is 0 Å². The molecule has 0 bridgehead atoms. The number of ether oxygens (including phenoxy) is 1. The van der Waals surface area contributed by atoms with Crippen molar-refractivity contribution in [3.63, 3.8) is 0 Å². The quantitative estimate of drug-likeness (QED) is 0.612. The predicted molar refractivity (Wildman–Crippen MR) is 89.7 cm³/mol. The van der Waals surface area contributed by atoms with Gasteiger partial charge in [-0.05, 0) is 40.8 Å². The van der Waals surface area contributed by atoms with Crippen molar-refractivity contribution >= 4 is 12.0 Å². The second kappa shape index (κ2) is 5.45. The molecule has 2 aromatic rings. The van der Waals surface area contributed by atoms with Gasteiger partial charge in [0.1, 0.15) is 0 Å². The largest absolute Gasteiger partial charge is 0.463 e. The van der Waals surface area contributed by atoms with Crippen molar-refractivity contribution < 1.29 is 9.53 Å². The lowest BCUT2D eigenvalue weighted by Crippen LogP contribution is -2.14. The molecule has 2 aromatic carbocycles. The summed E-state index contributed by atoms with van der Waals surface area (Å²) in [6.07, 6.45) is 3.30. The fraction of sp³-hybridized carbons (Fsp3) is 0.250. The molecule has 0 spiro atoms. The van der Waals surface area contributed by atoms with Gasteiger partial charge in [0.15, 0.2) is 0 Å². The number of fused-ring (bicyclic) bond motifs is 3. The molecule has 22 heavy (non-hydrogen) atoms. The molecule has 0 atom stereocenters. The first kappa shape index (κ1) is 14.6. The Morgan fingerprint density at radius 2 is 1.82 bits per heavy atom. The van der Waals surface area contributed by atoms with Crippen molar-refractivity contribution in [2.45, 2.75) is 26.2 Å². The van der Waals surface area contributed by atoms with E-state index in [0.29, 0.717) is 6.61 Å². The number of hydrogen-bond acceptors (Lipinski definition) is 2. The normalized spacial score (nSPS) is 14.7. The summed E-state index contributed by atoms with van der Waals surface area (Å²) >= 11 is 0. The van der Waals surface area contributed by atoms with Crippen LogP contribution < -0.4 is 0 Å². The second-order valence-corrected chi connectivity index (χ2v) is 6.06. The molecule has 2 nitrogen and oxygen atoms in total. The smallest absolute Gasteiger partial charge is 0.330 e. The summed E-state index contributed by atoms with van der Waals surface area (Å²) in [5, 5.41) is 0. The maximum absolute atomic E-state index is 11.4. The molecule has 0 N–H and O–H groups in total. The second-order valence-electron chi connectivity index (χ2n) is 6.06. The third-order valence-corrected chi connectivity index (χ3v) is 4.31. The maximum atomic E-state index is 11.4. The van der Waals surface area contributed by atoms with Crippen LogP contribution in [-0.2, 0) is 14.9 Å². The minimum absolute atomic E-state index is 0.0142. The van der Waals surface area contributed by atoms with Crippen LogP contribution in [0.4, 0.5) is 0 Å². The number of hydrogen-bond donors (Lipinski definition) is 0. The molecule has 0 amide bonds. The lowest BCUT2D eigenvalue weighted by atomic mass is 9.82. The van der Waals surface area contributed by atoms with Crippen LogP contribution in [0, 0.1) is 0 Å². The van der Waals surface area contributed by atoms with Crippen molar-refractivity contribution in [3.8, 4) is 11.1 Å². The Morgan fingerprint density at radius 3 is 2.59 bits per heavy atom. The molecule has 1 aliphatic carbocycles. The highest BCUT2D eigenvalue weighted by molar-refractivity contribution is 5.88. The lowest BCUT2D eigenvalue weighted by Gasteiger charge is -2.21. The van der Waals surface area contributed by atoms with Gasteiger partial charge in [-0.1, -0.05) is 56.3 Å². The zero-order valence-electron chi connectivity index (χ0n) is 13.2. The van der Waals surface area contributed by atoms with Crippen LogP contribution in [0.5, 0.6) is 0 Å². The Bertz CT molecular complexity index is 754. The van der Waals surface area contributed by atoms with E-state index >= 15 is 0 Å². The van der Waals surface area contributed by atoms with Gasteiger partial charge in [0.2, 0.25) is 0 Å². The molecule has 0 saturated heterocycles. The van der Waals surface area contributed by atoms with Crippen molar-refractivity contribution in [1.29, 1.82) is 0 Å². The molecule has 0 unspecified atom stereocenters. The third kappa shape index (κ3) is 2.35. The van der Waals surface area contributed by atoms with Crippen LogP contribution in [-0.4, -0.2) is 12.6 Å². The molecule has 0 aliphatic heterocycles. The Balaban J connectivity index is 1.99. The van der Waals surface area contributed by atoms with Gasteiger partial charge in [-0.3, -0.25) is 0 Å². The Labute approximate surface area is 131 Å². The number of rotatable bonds is 3. The van der Waals surface area contributed by atoms with E-state index in [2.05, 4.69) is 50.2 Å². The summed E-state index contributed by atoms with van der Waals surface area (Å²) in [5.74, 6) is -0.300. The Hall–Kier alpha value is -2.35. The Kier molecular flexibility index (Phi) is 3.61. The number of esters is 1. The Morgan fingerprint density at radius 1 is 1.09 bits per heavy atom. The summed E-state index contributed by atoms with van der Waals surface area (Å²) in [6, 6.07) is 14.9. The molecule has 112 valence electrons. The highest BCUT2D eigenvalue weighted by Crippen LogP contribution is 2.48. The monoisotopic (exact) mass is 292 g/mol. The molecule has 0 heterocycles. The van der Waals surface area contributed by atoms with Crippen LogP contribution in [0.25, 0.3) is 17.2 Å². The first-order valence-electron chi connectivity index (χ1n) is 7.63. The summed E-state index contributed by atoms with van der Waals surface area (Å²) < 4.78 is 4.92. The third-order valence-electron chi connectivity index (χ3n) is 4.31. The summed E-state index contributed by atoms with van der Waals surface area (Å²) in [5.41, 5.74) is 6.26. The van der Waals surface area contributed by atoms with Gasteiger partial charge in [-0.25, -0.2) is 4.79 Å². The fourth-order valence-electron chi connectivity index (χ4n) is 3.18. The van der Waals surface area contributed by atoms with E-state index in [1.54, 1.807) is 6.92 Å². The van der Waals surface area contributed by atoms with Gasteiger partial charge in [-0.15, -0.1) is 0 Å². The fourth-order valence-corrected chi connectivity index (χ4v) is 3.18. The molecule has 0 saturated carbocycles. The van der Waals surface area contributed by atoms with E-state index in [0.717, 1.165) is 5.56 Å². The molecule has 2 heteroatoms. The molecule has 0 radical (unpaired) electrons. The lowest BCUT2D eigenvalue weighted by molar-refractivity contribution is -0.137. The molecule has 3 rings (SSSR count). The SMILES string of the molecule is CCOC(=O)C=Cc1ccc2c(c1)C(C)(C)c1ccccc1-2. The minimum Gasteiger partial charge on any atom is -0.463 e. The summed E-state index contributed by atoms with van der Waals surface area (Å²) in [6.45, 7) is 6.70. The maximum Gasteiger partial charge on any atom is 0.330 e. The molecule has 0 fully saturated rings. The van der Waals surface area contributed by atoms with Crippen molar-refractivity contribution in [1.82, 2.24) is 0 Å². The van der Waals surface area contributed by atoms with E-state index in [-0.39, 0.29) is 11.4 Å². The van der Waals surface area contributed by atoms with E-state index in [4.69, 9.17) is 4.74 Å². The van der Waals surface area contributed by atoms with Crippen LogP contribution in [0.2, 0.25) is 0 Å². The first-order chi connectivity index (χ1) is 10.5. The van der Waals surface area contributed by atoms with Crippen LogP contribution in [0.15, 0.2) is 48.5 Å². The van der Waals surface area contributed by atoms with Gasteiger partial charge >= 0.3 is 5.97 Å². The van der Waals surface area contributed by atoms with Crippen LogP contribution in [0.1, 0.15) is 37.5 Å². The molecular formula is C20H20O2. The highest BCUT2D eigenvalue weighted by atomic mass is 16.5. The van der Waals surface area contributed by atoms with Crippen LogP contribution in [0.3, 0.4) is 0 Å².